The molecular formula is C32H48O4. The van der Waals surface area contributed by atoms with Gasteiger partial charge in [-0.2, -0.15) is 0 Å². The Hall–Kier alpha value is -2.88. The number of aromatic hydroxyl groups is 2. The van der Waals surface area contributed by atoms with E-state index in [-0.39, 0.29) is 23.0 Å². The van der Waals surface area contributed by atoms with Crippen molar-refractivity contribution in [3.05, 3.63) is 70.4 Å². The van der Waals surface area contributed by atoms with E-state index in [4.69, 9.17) is 9.47 Å². The maximum absolute atomic E-state index is 10.6. The summed E-state index contributed by atoms with van der Waals surface area (Å²) in [7, 11) is 2.90. The quantitative estimate of drug-likeness (QED) is 0.177. The Morgan fingerprint density at radius 2 is 1.06 bits per heavy atom. The lowest BCUT2D eigenvalue weighted by Gasteiger charge is -2.17. The van der Waals surface area contributed by atoms with Crippen LogP contribution in [0.3, 0.4) is 0 Å². The summed E-state index contributed by atoms with van der Waals surface area (Å²) < 4.78 is 10.5. The van der Waals surface area contributed by atoms with Gasteiger partial charge in [0.25, 0.3) is 0 Å². The molecule has 0 spiro atoms. The molecule has 0 unspecified atom stereocenters. The first kappa shape index (κ1) is 31.2. The van der Waals surface area contributed by atoms with Gasteiger partial charge < -0.3 is 19.7 Å². The molecule has 0 bridgehead atoms. The second-order valence-electron chi connectivity index (χ2n) is 9.72. The highest BCUT2D eigenvalue weighted by Crippen LogP contribution is 2.48. The fraction of sp³-hybridized carbons (Fsp3) is 0.500. The Balaban J connectivity index is 2.55. The molecule has 0 radical (unpaired) electrons. The number of phenolic OH excluding ortho intramolecular Hbond substituents is 2. The van der Waals surface area contributed by atoms with Gasteiger partial charge in [0.15, 0.2) is 11.5 Å². The summed E-state index contributed by atoms with van der Waals surface area (Å²) in [5, 5.41) is 21.1. The van der Waals surface area contributed by atoms with Gasteiger partial charge in [0, 0.05) is 11.1 Å². The molecule has 0 aliphatic rings. The molecule has 1 aromatic rings. The summed E-state index contributed by atoms with van der Waals surface area (Å²) in [6.45, 7) is 14.3. The maximum Gasteiger partial charge on any atom is 0.207 e. The minimum atomic E-state index is 0.00569. The van der Waals surface area contributed by atoms with Crippen LogP contribution in [0.4, 0.5) is 0 Å². The van der Waals surface area contributed by atoms with Crippen LogP contribution in [0.25, 0.3) is 0 Å². The van der Waals surface area contributed by atoms with Crippen molar-refractivity contribution in [1.82, 2.24) is 0 Å². The predicted molar refractivity (Wildman–Crippen MR) is 153 cm³/mol. The number of allylic oxidation sites excluding steroid dienone is 9. The van der Waals surface area contributed by atoms with Crippen molar-refractivity contribution in [3.63, 3.8) is 0 Å². The second-order valence-corrected chi connectivity index (χ2v) is 9.72. The zero-order valence-electron chi connectivity index (χ0n) is 23.7. The van der Waals surface area contributed by atoms with Gasteiger partial charge in [-0.05, 0) is 92.4 Å². The first-order chi connectivity index (χ1) is 17.2. The molecule has 0 saturated heterocycles. The fourth-order valence-corrected chi connectivity index (χ4v) is 4.12. The minimum absolute atomic E-state index is 0.00569. The lowest BCUT2D eigenvalue weighted by atomic mass is 9.99. The summed E-state index contributed by atoms with van der Waals surface area (Å²) >= 11 is 0. The van der Waals surface area contributed by atoms with Gasteiger partial charge >= 0.3 is 0 Å². The first-order valence-corrected chi connectivity index (χ1v) is 13.0. The van der Waals surface area contributed by atoms with E-state index in [9.17, 15) is 10.2 Å². The van der Waals surface area contributed by atoms with Crippen LogP contribution < -0.4 is 9.47 Å². The summed E-state index contributed by atoms with van der Waals surface area (Å²) in [5.41, 5.74) is 6.85. The van der Waals surface area contributed by atoms with Crippen LogP contribution in [0.2, 0.25) is 0 Å². The summed E-state index contributed by atoms with van der Waals surface area (Å²) in [6, 6.07) is 0. The summed E-state index contributed by atoms with van der Waals surface area (Å²) in [6.07, 6.45) is 20.2. The Morgan fingerprint density at radius 1 is 0.667 bits per heavy atom. The van der Waals surface area contributed by atoms with Gasteiger partial charge in [0.1, 0.15) is 0 Å². The van der Waals surface area contributed by atoms with E-state index in [1.54, 1.807) is 6.92 Å². The molecule has 4 heteroatoms. The van der Waals surface area contributed by atoms with E-state index in [0.717, 1.165) is 51.4 Å². The van der Waals surface area contributed by atoms with E-state index in [0.29, 0.717) is 17.5 Å². The van der Waals surface area contributed by atoms with Crippen molar-refractivity contribution in [2.45, 2.75) is 92.4 Å². The van der Waals surface area contributed by atoms with Crippen LogP contribution in [-0.2, 0) is 6.42 Å². The van der Waals surface area contributed by atoms with Gasteiger partial charge in [-0.25, -0.2) is 0 Å². The highest BCUT2D eigenvalue weighted by Gasteiger charge is 2.22. The number of hydrogen-bond donors (Lipinski definition) is 2. The Kier molecular flexibility index (Phi) is 14.5. The largest absolute Gasteiger partial charge is 0.504 e. The lowest BCUT2D eigenvalue weighted by Crippen LogP contribution is -1.98. The Morgan fingerprint density at radius 3 is 1.47 bits per heavy atom. The minimum Gasteiger partial charge on any atom is -0.504 e. The molecule has 4 nitrogen and oxygen atoms in total. The number of phenols is 2. The van der Waals surface area contributed by atoms with Crippen LogP contribution in [0.5, 0.6) is 23.0 Å². The number of methoxy groups -OCH3 is 2. The molecule has 0 aliphatic carbocycles. The molecule has 1 rings (SSSR count). The fourth-order valence-electron chi connectivity index (χ4n) is 4.12. The average Bonchev–Trinajstić information content (AvgIpc) is 2.84. The van der Waals surface area contributed by atoms with E-state index < -0.39 is 0 Å². The van der Waals surface area contributed by atoms with Crippen LogP contribution >= 0.6 is 0 Å². The van der Waals surface area contributed by atoms with Crippen molar-refractivity contribution in [3.8, 4) is 23.0 Å². The summed E-state index contributed by atoms with van der Waals surface area (Å²) in [4.78, 5) is 0. The Bertz CT molecular complexity index is 977. The highest BCUT2D eigenvalue weighted by atomic mass is 16.5. The van der Waals surface area contributed by atoms with Gasteiger partial charge in [-0.15, -0.1) is 6.58 Å². The Labute approximate surface area is 219 Å². The molecule has 0 heterocycles. The molecule has 0 amide bonds. The maximum atomic E-state index is 10.6. The van der Waals surface area contributed by atoms with Crippen molar-refractivity contribution >= 4 is 0 Å². The standard InChI is InChI=1S/C32H48O4/c1-9-10-14-23(2)15-11-16-24(3)17-12-18-25(4)19-13-20-26(5)21-22-28-27(6)29(33)31(35-7)32(36-8)30(28)34/h9,15,17,19,21,33-34H,1,10-14,16,18,20,22H2,2-8H3/b23-15-,24-17+,25-19+,26-21+. The first-order valence-electron chi connectivity index (χ1n) is 13.0. The van der Waals surface area contributed by atoms with E-state index >= 15 is 0 Å². The molecule has 2 N–H and O–H groups in total. The van der Waals surface area contributed by atoms with Crippen molar-refractivity contribution < 1.29 is 19.7 Å². The molecule has 0 aliphatic heterocycles. The average molecular weight is 497 g/mol. The van der Waals surface area contributed by atoms with Crippen molar-refractivity contribution in [2.75, 3.05) is 14.2 Å². The van der Waals surface area contributed by atoms with Gasteiger partial charge in [-0.1, -0.05) is 52.7 Å². The van der Waals surface area contributed by atoms with Gasteiger partial charge in [0.2, 0.25) is 11.5 Å². The van der Waals surface area contributed by atoms with Crippen LogP contribution in [0, 0.1) is 6.92 Å². The normalized spacial score (nSPS) is 13.2. The molecule has 0 aromatic heterocycles. The number of ether oxygens (including phenoxy) is 2. The molecular weight excluding hydrogens is 448 g/mol. The number of rotatable bonds is 16. The van der Waals surface area contributed by atoms with Crippen LogP contribution in [0.1, 0.15) is 90.2 Å². The molecule has 200 valence electrons. The molecule has 36 heavy (non-hydrogen) atoms. The van der Waals surface area contributed by atoms with Crippen molar-refractivity contribution in [2.24, 2.45) is 0 Å². The van der Waals surface area contributed by atoms with E-state index in [2.05, 4.69) is 58.6 Å². The molecule has 0 atom stereocenters. The van der Waals surface area contributed by atoms with E-state index in [1.165, 1.54) is 36.5 Å². The topological polar surface area (TPSA) is 58.9 Å². The third-order valence-electron chi connectivity index (χ3n) is 6.63. The number of benzene rings is 1. The predicted octanol–water partition coefficient (Wildman–Crippen LogP) is 9.06. The number of hydrogen-bond acceptors (Lipinski definition) is 4. The second kappa shape index (κ2) is 16.7. The lowest BCUT2D eigenvalue weighted by molar-refractivity contribution is 0.314. The third-order valence-corrected chi connectivity index (χ3v) is 6.63. The molecule has 0 fully saturated rings. The van der Waals surface area contributed by atoms with Crippen LogP contribution in [0.15, 0.2) is 59.3 Å². The highest BCUT2D eigenvalue weighted by molar-refractivity contribution is 5.66. The van der Waals surface area contributed by atoms with Crippen LogP contribution in [-0.4, -0.2) is 24.4 Å². The SMILES string of the molecule is C=CCC/C(C)=C\CC/C(C)=C/CC/C(C)=C/CC/C(C)=C/Cc1c(C)c(O)c(OC)c(OC)c1O. The van der Waals surface area contributed by atoms with E-state index in [1.807, 2.05) is 6.08 Å². The monoisotopic (exact) mass is 496 g/mol. The molecule has 1 aromatic carbocycles. The van der Waals surface area contributed by atoms with Gasteiger partial charge in [-0.3, -0.25) is 0 Å². The smallest absolute Gasteiger partial charge is 0.207 e. The summed E-state index contributed by atoms with van der Waals surface area (Å²) in [5.74, 6) is 0.353. The van der Waals surface area contributed by atoms with Gasteiger partial charge in [0.05, 0.1) is 14.2 Å². The van der Waals surface area contributed by atoms with Crippen molar-refractivity contribution in [1.29, 1.82) is 0 Å². The molecule has 0 saturated carbocycles. The third kappa shape index (κ3) is 10.4. The zero-order valence-corrected chi connectivity index (χ0v) is 23.7. The zero-order chi connectivity index (χ0) is 27.1.